The molecule has 1 amide bonds. The number of aryl methyl sites for hydroxylation is 3. The number of carbonyl (C=O) groups excluding carboxylic acids is 1. The second-order valence-corrected chi connectivity index (χ2v) is 10.4. The molecule has 0 bridgehead atoms. The summed E-state index contributed by atoms with van der Waals surface area (Å²) in [6.45, 7) is 4.67. The van der Waals surface area contributed by atoms with E-state index in [1.165, 1.54) is 24.3 Å². The van der Waals surface area contributed by atoms with Gasteiger partial charge in [-0.05, 0) is 73.9 Å². The molecule has 0 spiro atoms. The van der Waals surface area contributed by atoms with E-state index in [1.807, 2.05) is 56.3 Å². The Morgan fingerprint density at radius 3 is 2.50 bits per heavy atom. The number of sulfonamides is 1. The first-order valence-corrected chi connectivity index (χ1v) is 13.1. The number of nitriles is 1. The van der Waals surface area contributed by atoms with E-state index >= 15 is 0 Å². The Morgan fingerprint density at radius 2 is 1.78 bits per heavy atom. The van der Waals surface area contributed by atoms with Crippen LogP contribution in [0.5, 0.6) is 5.75 Å². The van der Waals surface area contributed by atoms with Crippen molar-refractivity contribution in [3.8, 4) is 11.8 Å². The minimum Gasteiger partial charge on any atom is -0.494 e. The summed E-state index contributed by atoms with van der Waals surface area (Å²) >= 11 is 6.23. The zero-order valence-corrected chi connectivity index (χ0v) is 21.4. The molecule has 0 saturated carbocycles. The number of benzene rings is 3. The number of hydrogen-bond acceptors (Lipinski definition) is 5. The van der Waals surface area contributed by atoms with Gasteiger partial charge in [0.1, 0.15) is 11.4 Å². The summed E-state index contributed by atoms with van der Waals surface area (Å²) in [6, 6.07) is 20.3. The number of rotatable bonds is 8. The van der Waals surface area contributed by atoms with Crippen molar-refractivity contribution in [3.63, 3.8) is 0 Å². The molecule has 1 heterocycles. The molecule has 0 fully saturated rings. The molecule has 9 heteroatoms. The lowest BCUT2D eigenvalue weighted by molar-refractivity contribution is 0.0972. The van der Waals surface area contributed by atoms with Crippen molar-refractivity contribution in [2.24, 2.45) is 0 Å². The van der Waals surface area contributed by atoms with Gasteiger partial charge < -0.3 is 9.30 Å². The van der Waals surface area contributed by atoms with Crippen LogP contribution in [0.2, 0.25) is 5.02 Å². The largest absolute Gasteiger partial charge is 0.494 e. The van der Waals surface area contributed by atoms with Gasteiger partial charge in [-0.2, -0.15) is 5.26 Å². The van der Waals surface area contributed by atoms with Gasteiger partial charge in [0.25, 0.3) is 15.9 Å². The fraction of sp³-hybridized carbons (Fsp3) is 0.185. The number of para-hydroxylation sites is 1. The number of fused-ring (bicyclic) bond motifs is 1. The van der Waals surface area contributed by atoms with E-state index < -0.39 is 15.9 Å². The van der Waals surface area contributed by atoms with Crippen LogP contribution in [0.3, 0.4) is 0 Å². The first-order valence-electron chi connectivity index (χ1n) is 11.2. The van der Waals surface area contributed by atoms with Crippen molar-refractivity contribution in [1.82, 2.24) is 9.29 Å². The molecule has 0 aliphatic heterocycles. The highest BCUT2D eigenvalue weighted by atomic mass is 35.5. The predicted octanol–water partition coefficient (Wildman–Crippen LogP) is 5.37. The Balaban J connectivity index is 1.53. The summed E-state index contributed by atoms with van der Waals surface area (Å²) in [5.74, 6) is -0.0335. The second kappa shape index (κ2) is 10.4. The summed E-state index contributed by atoms with van der Waals surface area (Å²) in [7, 11) is -4.17. The van der Waals surface area contributed by atoms with Crippen LogP contribution < -0.4 is 9.46 Å². The van der Waals surface area contributed by atoms with Gasteiger partial charge in [-0.15, -0.1) is 0 Å². The molecular weight excluding hydrogens is 498 g/mol. The van der Waals surface area contributed by atoms with Gasteiger partial charge in [-0.25, -0.2) is 13.1 Å². The SMILES string of the molecule is Cc1cc(OCCCn2c(C(=O)NS(=O)(=O)c3cccc(C#N)c3)cc3ccccc32)cc(C)c1Cl. The summed E-state index contributed by atoms with van der Waals surface area (Å²) in [5, 5.41) is 10.6. The smallest absolute Gasteiger partial charge is 0.281 e. The number of amides is 1. The number of nitrogens with one attached hydrogen (secondary N) is 1. The first kappa shape index (κ1) is 25.3. The van der Waals surface area contributed by atoms with Gasteiger partial charge in [0, 0.05) is 22.5 Å². The Labute approximate surface area is 214 Å². The standard InChI is InChI=1S/C27H24ClN3O4S/c1-18-13-22(14-19(2)26(18)28)35-12-6-11-31-24-10-4-3-8-21(24)16-25(31)27(32)30-36(33,34)23-9-5-7-20(15-23)17-29/h3-5,7-10,13-16H,6,11-12H2,1-2H3,(H,30,32). The number of ether oxygens (including phenoxy) is 1. The molecular formula is C27H24ClN3O4S. The summed E-state index contributed by atoms with van der Waals surface area (Å²) in [6.07, 6.45) is 0.580. The molecule has 4 aromatic rings. The average Bonchev–Trinajstić information content (AvgIpc) is 3.23. The van der Waals surface area contributed by atoms with Crippen molar-refractivity contribution < 1.29 is 17.9 Å². The molecule has 36 heavy (non-hydrogen) atoms. The van der Waals surface area contributed by atoms with Gasteiger partial charge in [0.05, 0.1) is 23.1 Å². The molecule has 0 unspecified atom stereocenters. The highest BCUT2D eigenvalue weighted by molar-refractivity contribution is 7.90. The number of halogens is 1. The Hall–Kier alpha value is -3.80. The van der Waals surface area contributed by atoms with Crippen LogP contribution in [-0.4, -0.2) is 25.5 Å². The molecule has 1 aromatic heterocycles. The quantitative estimate of drug-likeness (QED) is 0.314. The molecule has 0 saturated heterocycles. The van der Waals surface area contributed by atoms with Crippen LogP contribution in [0, 0.1) is 25.2 Å². The van der Waals surface area contributed by atoms with E-state index in [0.717, 1.165) is 27.8 Å². The molecule has 0 atom stereocenters. The topological polar surface area (TPSA) is 101 Å². The molecule has 7 nitrogen and oxygen atoms in total. The number of carbonyl (C=O) groups is 1. The zero-order valence-electron chi connectivity index (χ0n) is 19.8. The van der Waals surface area contributed by atoms with Crippen molar-refractivity contribution in [2.45, 2.75) is 31.7 Å². The van der Waals surface area contributed by atoms with Crippen LogP contribution in [-0.2, 0) is 16.6 Å². The van der Waals surface area contributed by atoms with E-state index in [4.69, 9.17) is 21.6 Å². The third-order valence-corrected chi connectivity index (χ3v) is 7.67. The molecule has 1 N–H and O–H groups in total. The number of hydrogen-bond donors (Lipinski definition) is 1. The maximum absolute atomic E-state index is 13.1. The van der Waals surface area contributed by atoms with Crippen LogP contribution in [0.25, 0.3) is 10.9 Å². The fourth-order valence-corrected chi connectivity index (χ4v) is 5.12. The average molecular weight is 522 g/mol. The maximum Gasteiger partial charge on any atom is 0.281 e. The van der Waals surface area contributed by atoms with Gasteiger partial charge in [-0.1, -0.05) is 35.9 Å². The fourth-order valence-electron chi connectivity index (χ4n) is 4.01. The molecule has 0 aliphatic carbocycles. The van der Waals surface area contributed by atoms with E-state index in [0.29, 0.717) is 24.6 Å². The number of aromatic nitrogens is 1. The van der Waals surface area contributed by atoms with Crippen molar-refractivity contribution in [1.29, 1.82) is 5.26 Å². The lowest BCUT2D eigenvalue weighted by atomic mass is 10.1. The van der Waals surface area contributed by atoms with Gasteiger partial charge in [0.15, 0.2) is 0 Å². The predicted molar refractivity (Wildman–Crippen MR) is 139 cm³/mol. The van der Waals surface area contributed by atoms with E-state index in [9.17, 15) is 13.2 Å². The highest BCUT2D eigenvalue weighted by Crippen LogP contribution is 2.26. The molecule has 4 rings (SSSR count). The van der Waals surface area contributed by atoms with Crippen molar-refractivity contribution >= 4 is 38.4 Å². The first-order chi connectivity index (χ1) is 17.2. The van der Waals surface area contributed by atoms with E-state index in [-0.39, 0.29) is 16.2 Å². The van der Waals surface area contributed by atoms with E-state index in [2.05, 4.69) is 4.72 Å². The van der Waals surface area contributed by atoms with Gasteiger partial charge >= 0.3 is 0 Å². The van der Waals surface area contributed by atoms with Crippen LogP contribution in [0.4, 0.5) is 0 Å². The minimum absolute atomic E-state index is 0.153. The molecule has 3 aromatic carbocycles. The Kier molecular flexibility index (Phi) is 7.34. The van der Waals surface area contributed by atoms with Crippen LogP contribution in [0.15, 0.2) is 71.6 Å². The molecule has 0 aliphatic rings. The monoisotopic (exact) mass is 521 g/mol. The Bertz CT molecular complexity index is 1580. The van der Waals surface area contributed by atoms with Crippen molar-refractivity contribution in [2.75, 3.05) is 6.61 Å². The highest BCUT2D eigenvalue weighted by Gasteiger charge is 2.22. The third kappa shape index (κ3) is 5.38. The number of nitrogens with zero attached hydrogens (tertiary/aromatic N) is 2. The zero-order chi connectivity index (χ0) is 25.9. The molecule has 184 valence electrons. The van der Waals surface area contributed by atoms with Gasteiger partial charge in [0.2, 0.25) is 0 Å². The normalized spacial score (nSPS) is 11.3. The lowest BCUT2D eigenvalue weighted by Crippen LogP contribution is -2.32. The maximum atomic E-state index is 13.1. The molecule has 0 radical (unpaired) electrons. The van der Waals surface area contributed by atoms with Crippen LogP contribution in [0.1, 0.15) is 33.6 Å². The Morgan fingerprint density at radius 1 is 1.06 bits per heavy atom. The second-order valence-electron chi connectivity index (χ2n) is 8.39. The van der Waals surface area contributed by atoms with Crippen molar-refractivity contribution in [3.05, 3.63) is 94.1 Å². The van der Waals surface area contributed by atoms with Gasteiger partial charge in [-0.3, -0.25) is 4.79 Å². The lowest BCUT2D eigenvalue weighted by Gasteiger charge is -2.13. The minimum atomic E-state index is -4.17. The van der Waals surface area contributed by atoms with E-state index in [1.54, 1.807) is 10.6 Å². The van der Waals surface area contributed by atoms with Crippen LogP contribution >= 0.6 is 11.6 Å². The summed E-state index contributed by atoms with van der Waals surface area (Å²) in [4.78, 5) is 13.0. The summed E-state index contributed by atoms with van der Waals surface area (Å²) < 4.78 is 35.5. The third-order valence-electron chi connectivity index (χ3n) is 5.75. The summed E-state index contributed by atoms with van der Waals surface area (Å²) in [5.41, 5.74) is 3.08.